The van der Waals surface area contributed by atoms with Gasteiger partial charge in [0.2, 0.25) is 0 Å². The zero-order valence-corrected chi connectivity index (χ0v) is 8.99. The van der Waals surface area contributed by atoms with Crippen LogP contribution in [0.3, 0.4) is 0 Å². The lowest BCUT2D eigenvalue weighted by Crippen LogP contribution is -2.41. The van der Waals surface area contributed by atoms with E-state index in [9.17, 15) is 4.79 Å². The van der Waals surface area contributed by atoms with E-state index in [-0.39, 0.29) is 5.91 Å². The van der Waals surface area contributed by atoms with Crippen molar-refractivity contribution in [1.82, 2.24) is 4.90 Å². The Labute approximate surface area is 89.9 Å². The summed E-state index contributed by atoms with van der Waals surface area (Å²) in [5.74, 6) is 0.252. The molecule has 1 aromatic rings. The Morgan fingerprint density at radius 1 is 1.40 bits per heavy atom. The van der Waals surface area contributed by atoms with Crippen LogP contribution in [0.25, 0.3) is 0 Å². The van der Waals surface area contributed by atoms with Gasteiger partial charge < -0.3 is 4.90 Å². The minimum absolute atomic E-state index is 0.252. The first-order valence-electron chi connectivity index (χ1n) is 5.66. The summed E-state index contributed by atoms with van der Waals surface area (Å²) in [5.41, 5.74) is 3.36. The summed E-state index contributed by atoms with van der Waals surface area (Å²) in [7, 11) is 0. The second-order valence-corrected chi connectivity index (χ2v) is 4.66. The maximum atomic E-state index is 12.2. The van der Waals surface area contributed by atoms with Crippen LogP contribution in [0, 0.1) is 6.92 Å². The molecule has 1 atom stereocenters. The Hall–Kier alpha value is -1.31. The first kappa shape index (κ1) is 8.96. The predicted octanol–water partition coefficient (Wildman–Crippen LogP) is 2.16. The molecule has 1 saturated heterocycles. The highest BCUT2D eigenvalue weighted by molar-refractivity contribution is 5.97. The molecule has 0 radical (unpaired) electrons. The minimum atomic E-state index is 0.252. The third-order valence-electron chi connectivity index (χ3n) is 3.59. The van der Waals surface area contributed by atoms with Crippen LogP contribution < -0.4 is 0 Å². The summed E-state index contributed by atoms with van der Waals surface area (Å²) in [4.78, 5) is 14.2. The van der Waals surface area contributed by atoms with Gasteiger partial charge in [-0.25, -0.2) is 0 Å². The van der Waals surface area contributed by atoms with Crippen molar-refractivity contribution in [3.63, 3.8) is 0 Å². The second-order valence-electron chi connectivity index (χ2n) is 4.66. The molecule has 2 aliphatic heterocycles. The van der Waals surface area contributed by atoms with Crippen molar-refractivity contribution in [2.45, 2.75) is 32.2 Å². The van der Waals surface area contributed by atoms with E-state index < -0.39 is 0 Å². The van der Waals surface area contributed by atoms with Gasteiger partial charge in [-0.05, 0) is 37.8 Å². The number of amides is 1. The topological polar surface area (TPSA) is 20.3 Å². The normalized spacial score (nSPS) is 23.9. The molecule has 1 fully saturated rings. The van der Waals surface area contributed by atoms with Crippen LogP contribution in [0.2, 0.25) is 0 Å². The average Bonchev–Trinajstić information content (AvgIpc) is 2.68. The van der Waals surface area contributed by atoms with Crippen molar-refractivity contribution in [3.05, 3.63) is 34.9 Å². The summed E-state index contributed by atoms with van der Waals surface area (Å²) in [6, 6.07) is 6.74. The Morgan fingerprint density at radius 2 is 2.27 bits per heavy atom. The van der Waals surface area contributed by atoms with Gasteiger partial charge >= 0.3 is 0 Å². The molecule has 0 spiro atoms. The number of fused-ring (bicyclic) bond motifs is 2. The molecule has 2 heteroatoms. The molecule has 78 valence electrons. The summed E-state index contributed by atoms with van der Waals surface area (Å²) in [6.07, 6.45) is 3.41. The fourth-order valence-electron chi connectivity index (χ4n) is 2.79. The first-order valence-corrected chi connectivity index (χ1v) is 5.66. The molecular formula is C13H15NO. The monoisotopic (exact) mass is 201 g/mol. The summed E-state index contributed by atoms with van der Waals surface area (Å²) in [6.45, 7) is 3.00. The largest absolute Gasteiger partial charge is 0.335 e. The Bertz CT molecular complexity index is 425. The SMILES string of the molecule is Cc1ccc2c(c1)C(=O)N1CCC[C@H]1C2. The van der Waals surface area contributed by atoms with Crippen molar-refractivity contribution in [1.29, 1.82) is 0 Å². The van der Waals surface area contributed by atoms with Crippen LogP contribution in [-0.2, 0) is 6.42 Å². The number of aryl methyl sites for hydroxylation is 1. The molecule has 0 aliphatic carbocycles. The minimum Gasteiger partial charge on any atom is -0.335 e. The van der Waals surface area contributed by atoms with Gasteiger partial charge in [-0.1, -0.05) is 17.7 Å². The molecule has 15 heavy (non-hydrogen) atoms. The zero-order valence-electron chi connectivity index (χ0n) is 8.99. The van der Waals surface area contributed by atoms with E-state index in [1.54, 1.807) is 0 Å². The van der Waals surface area contributed by atoms with Crippen LogP contribution in [-0.4, -0.2) is 23.4 Å². The third kappa shape index (κ3) is 1.28. The van der Waals surface area contributed by atoms with Crippen LogP contribution in [0.1, 0.15) is 34.3 Å². The third-order valence-corrected chi connectivity index (χ3v) is 3.59. The van der Waals surface area contributed by atoms with Gasteiger partial charge in [-0.15, -0.1) is 0 Å². The smallest absolute Gasteiger partial charge is 0.254 e. The lowest BCUT2D eigenvalue weighted by atomic mass is 9.92. The maximum Gasteiger partial charge on any atom is 0.254 e. The van der Waals surface area contributed by atoms with Crippen molar-refractivity contribution < 1.29 is 4.79 Å². The van der Waals surface area contributed by atoms with E-state index in [0.29, 0.717) is 6.04 Å². The summed E-state index contributed by atoms with van der Waals surface area (Å²) >= 11 is 0. The number of hydrogen-bond donors (Lipinski definition) is 0. The number of carbonyl (C=O) groups excluding carboxylic acids is 1. The van der Waals surface area contributed by atoms with E-state index in [4.69, 9.17) is 0 Å². The van der Waals surface area contributed by atoms with Gasteiger partial charge in [0, 0.05) is 18.2 Å². The molecular weight excluding hydrogens is 186 g/mol. The zero-order chi connectivity index (χ0) is 10.4. The fraction of sp³-hybridized carbons (Fsp3) is 0.462. The molecule has 2 aliphatic rings. The molecule has 0 bridgehead atoms. The van der Waals surface area contributed by atoms with Crippen molar-refractivity contribution >= 4 is 5.91 Å². The van der Waals surface area contributed by atoms with Crippen LogP contribution >= 0.6 is 0 Å². The average molecular weight is 201 g/mol. The fourth-order valence-corrected chi connectivity index (χ4v) is 2.79. The predicted molar refractivity (Wildman–Crippen MR) is 58.9 cm³/mol. The lowest BCUT2D eigenvalue weighted by molar-refractivity contribution is 0.0714. The van der Waals surface area contributed by atoms with E-state index in [2.05, 4.69) is 17.0 Å². The van der Waals surface area contributed by atoms with Gasteiger partial charge in [-0.3, -0.25) is 4.79 Å². The Morgan fingerprint density at radius 3 is 3.13 bits per heavy atom. The molecule has 0 aromatic heterocycles. The summed E-state index contributed by atoms with van der Waals surface area (Å²) in [5, 5.41) is 0. The van der Waals surface area contributed by atoms with Gasteiger partial charge in [0.1, 0.15) is 0 Å². The van der Waals surface area contributed by atoms with Crippen LogP contribution in [0.15, 0.2) is 18.2 Å². The van der Waals surface area contributed by atoms with E-state index in [1.165, 1.54) is 24.0 Å². The van der Waals surface area contributed by atoms with Gasteiger partial charge in [0.05, 0.1) is 0 Å². The van der Waals surface area contributed by atoms with Crippen LogP contribution in [0.4, 0.5) is 0 Å². The van der Waals surface area contributed by atoms with Gasteiger partial charge in [0.25, 0.3) is 5.91 Å². The quantitative estimate of drug-likeness (QED) is 0.630. The van der Waals surface area contributed by atoms with Crippen molar-refractivity contribution in [3.8, 4) is 0 Å². The van der Waals surface area contributed by atoms with E-state index >= 15 is 0 Å². The molecule has 0 N–H and O–H groups in total. The Balaban J connectivity index is 2.09. The number of hydrogen-bond acceptors (Lipinski definition) is 1. The molecule has 0 saturated carbocycles. The van der Waals surface area contributed by atoms with Crippen LogP contribution in [0.5, 0.6) is 0 Å². The number of nitrogens with zero attached hydrogens (tertiary/aromatic N) is 1. The van der Waals surface area contributed by atoms with E-state index in [0.717, 1.165) is 18.5 Å². The molecule has 2 nitrogen and oxygen atoms in total. The number of carbonyl (C=O) groups is 1. The molecule has 1 amide bonds. The van der Waals surface area contributed by atoms with Gasteiger partial charge in [-0.2, -0.15) is 0 Å². The molecule has 0 unspecified atom stereocenters. The highest BCUT2D eigenvalue weighted by Crippen LogP contribution is 2.30. The maximum absolute atomic E-state index is 12.2. The molecule has 2 heterocycles. The number of rotatable bonds is 0. The molecule has 3 rings (SSSR count). The second kappa shape index (κ2) is 3.09. The lowest BCUT2D eigenvalue weighted by Gasteiger charge is -2.31. The van der Waals surface area contributed by atoms with Gasteiger partial charge in [0.15, 0.2) is 0 Å². The number of benzene rings is 1. The standard InChI is InChI=1S/C13H15NO/c1-9-4-5-10-8-11-3-2-6-14(11)13(15)12(10)7-9/h4-5,7,11H,2-3,6,8H2,1H3/t11-/m0/s1. The highest BCUT2D eigenvalue weighted by atomic mass is 16.2. The highest BCUT2D eigenvalue weighted by Gasteiger charge is 2.34. The molecule has 1 aromatic carbocycles. The van der Waals surface area contributed by atoms with E-state index in [1.807, 2.05) is 13.0 Å². The Kier molecular flexibility index (Phi) is 1.84. The first-order chi connectivity index (χ1) is 7.25. The summed E-state index contributed by atoms with van der Waals surface area (Å²) < 4.78 is 0. The van der Waals surface area contributed by atoms with Crippen molar-refractivity contribution in [2.75, 3.05) is 6.54 Å². The van der Waals surface area contributed by atoms with Crippen molar-refractivity contribution in [2.24, 2.45) is 0 Å².